The average Bonchev–Trinajstić information content (AvgIpc) is 2.76. The molecular formula is C12H19N7. The molecule has 0 fully saturated rings. The predicted octanol–water partition coefficient (Wildman–Crippen LogP) is 1.23. The third kappa shape index (κ3) is 2.81. The van der Waals surface area contributed by atoms with Gasteiger partial charge >= 0.3 is 0 Å². The maximum absolute atomic E-state index is 5.91. The van der Waals surface area contributed by atoms with Crippen LogP contribution >= 0.6 is 0 Å². The van der Waals surface area contributed by atoms with Gasteiger partial charge in [0.15, 0.2) is 5.82 Å². The zero-order valence-electron chi connectivity index (χ0n) is 11.7. The zero-order chi connectivity index (χ0) is 14.0. The molecule has 0 atom stereocenters. The average molecular weight is 261 g/mol. The van der Waals surface area contributed by atoms with Gasteiger partial charge in [-0.15, -0.1) is 10.2 Å². The van der Waals surface area contributed by atoms with Gasteiger partial charge in [0.05, 0.1) is 6.54 Å². The van der Waals surface area contributed by atoms with E-state index in [1.165, 1.54) is 0 Å². The molecule has 0 aliphatic carbocycles. The molecular weight excluding hydrogens is 242 g/mol. The Bertz CT molecular complexity index is 573. The molecule has 0 unspecified atom stereocenters. The molecule has 2 aromatic rings. The van der Waals surface area contributed by atoms with Gasteiger partial charge < -0.3 is 15.6 Å². The lowest BCUT2D eigenvalue weighted by atomic mass is 10.2. The van der Waals surface area contributed by atoms with Crippen LogP contribution in [0.4, 0.5) is 11.6 Å². The Morgan fingerprint density at radius 3 is 2.68 bits per heavy atom. The minimum absolute atomic E-state index is 0.235. The fourth-order valence-electron chi connectivity index (χ4n) is 1.61. The van der Waals surface area contributed by atoms with Crippen molar-refractivity contribution in [2.45, 2.75) is 33.2 Å². The predicted molar refractivity (Wildman–Crippen MR) is 73.6 cm³/mol. The third-order valence-electron chi connectivity index (χ3n) is 2.94. The van der Waals surface area contributed by atoms with Crippen LogP contribution in [0.2, 0.25) is 0 Å². The largest absolute Gasteiger partial charge is 0.383 e. The van der Waals surface area contributed by atoms with Crippen molar-refractivity contribution in [1.29, 1.82) is 0 Å². The highest BCUT2D eigenvalue weighted by Gasteiger charge is 2.11. The molecule has 7 heteroatoms. The molecule has 3 N–H and O–H groups in total. The minimum atomic E-state index is 0.235. The van der Waals surface area contributed by atoms with E-state index in [4.69, 9.17) is 5.73 Å². The smallest absolute Gasteiger partial charge is 0.151 e. The van der Waals surface area contributed by atoms with Gasteiger partial charge in [-0.05, 0) is 6.92 Å². The van der Waals surface area contributed by atoms with E-state index in [-0.39, 0.29) is 5.92 Å². The molecule has 0 spiro atoms. The van der Waals surface area contributed by atoms with E-state index in [0.717, 1.165) is 23.0 Å². The summed E-state index contributed by atoms with van der Waals surface area (Å²) in [6.07, 6.45) is 1.66. The van der Waals surface area contributed by atoms with E-state index in [2.05, 4.69) is 25.5 Å². The van der Waals surface area contributed by atoms with E-state index >= 15 is 0 Å². The number of nitrogens with zero attached hydrogens (tertiary/aromatic N) is 5. The topological polar surface area (TPSA) is 94.5 Å². The zero-order valence-corrected chi connectivity index (χ0v) is 11.7. The Hall–Kier alpha value is -2.18. The van der Waals surface area contributed by atoms with Gasteiger partial charge in [0.2, 0.25) is 0 Å². The number of aryl methyl sites for hydroxylation is 1. The van der Waals surface area contributed by atoms with Crippen molar-refractivity contribution in [2.75, 3.05) is 11.1 Å². The van der Waals surface area contributed by atoms with Gasteiger partial charge in [0.25, 0.3) is 0 Å². The highest BCUT2D eigenvalue weighted by molar-refractivity contribution is 5.54. The van der Waals surface area contributed by atoms with Crippen LogP contribution in [0.15, 0.2) is 6.33 Å². The minimum Gasteiger partial charge on any atom is -0.383 e. The summed E-state index contributed by atoms with van der Waals surface area (Å²) in [5.74, 6) is 3.07. The van der Waals surface area contributed by atoms with Gasteiger partial charge in [-0.1, -0.05) is 13.8 Å². The monoisotopic (exact) mass is 261 g/mol. The van der Waals surface area contributed by atoms with Crippen LogP contribution < -0.4 is 11.1 Å². The molecule has 2 heterocycles. The number of nitrogen functional groups attached to an aromatic ring is 1. The SMILES string of the molecule is Cc1c(N)nc(C(C)C)nc1NCc1nncn1C. The lowest BCUT2D eigenvalue weighted by molar-refractivity contribution is 0.769. The number of nitrogens with two attached hydrogens (primary N) is 1. The first kappa shape index (κ1) is 13.3. The van der Waals surface area contributed by atoms with E-state index in [0.29, 0.717) is 12.4 Å². The van der Waals surface area contributed by atoms with E-state index in [1.807, 2.05) is 32.4 Å². The van der Waals surface area contributed by atoms with E-state index in [9.17, 15) is 0 Å². The summed E-state index contributed by atoms with van der Waals surface area (Å²) in [6.45, 7) is 6.52. The van der Waals surface area contributed by atoms with E-state index < -0.39 is 0 Å². The first-order valence-corrected chi connectivity index (χ1v) is 6.19. The van der Waals surface area contributed by atoms with Crippen LogP contribution in [-0.2, 0) is 13.6 Å². The normalized spacial score (nSPS) is 11.0. The van der Waals surface area contributed by atoms with Gasteiger partial charge in [0.1, 0.15) is 23.8 Å². The number of hydrogen-bond donors (Lipinski definition) is 2. The Balaban J connectivity index is 2.22. The van der Waals surface area contributed by atoms with Gasteiger partial charge in [-0.3, -0.25) is 0 Å². The summed E-state index contributed by atoms with van der Waals surface area (Å²) >= 11 is 0. The van der Waals surface area contributed by atoms with Crippen LogP contribution in [0, 0.1) is 6.92 Å². The van der Waals surface area contributed by atoms with Crippen LogP contribution in [0.3, 0.4) is 0 Å². The Morgan fingerprint density at radius 2 is 2.11 bits per heavy atom. The second kappa shape index (κ2) is 5.21. The molecule has 102 valence electrons. The number of hydrogen-bond acceptors (Lipinski definition) is 6. The van der Waals surface area contributed by atoms with Crippen molar-refractivity contribution in [2.24, 2.45) is 7.05 Å². The molecule has 0 aliphatic rings. The Labute approximate surface area is 112 Å². The molecule has 0 aromatic carbocycles. The third-order valence-corrected chi connectivity index (χ3v) is 2.94. The summed E-state index contributed by atoms with van der Waals surface area (Å²) in [4.78, 5) is 8.79. The van der Waals surface area contributed by atoms with Crippen molar-refractivity contribution < 1.29 is 0 Å². The standard InChI is InChI=1S/C12H19N7/c1-7(2)11-16-10(13)8(3)12(17-11)14-5-9-18-15-6-19(9)4/h6-7H,5H2,1-4H3,(H3,13,14,16,17). The number of anilines is 2. The van der Waals surface area contributed by atoms with Crippen LogP contribution in [0.5, 0.6) is 0 Å². The highest BCUT2D eigenvalue weighted by Crippen LogP contribution is 2.21. The maximum Gasteiger partial charge on any atom is 0.151 e. The molecule has 7 nitrogen and oxygen atoms in total. The fraction of sp³-hybridized carbons (Fsp3) is 0.500. The van der Waals surface area contributed by atoms with Crippen molar-refractivity contribution >= 4 is 11.6 Å². The lowest BCUT2D eigenvalue weighted by Gasteiger charge is -2.13. The van der Waals surface area contributed by atoms with Crippen LogP contribution in [0.1, 0.15) is 37.0 Å². The molecule has 2 aromatic heterocycles. The van der Waals surface area contributed by atoms with Crippen molar-refractivity contribution in [3.63, 3.8) is 0 Å². The van der Waals surface area contributed by atoms with E-state index in [1.54, 1.807) is 6.33 Å². The van der Waals surface area contributed by atoms with Gasteiger partial charge in [-0.2, -0.15) is 0 Å². The molecule has 0 amide bonds. The van der Waals surface area contributed by atoms with Crippen LogP contribution in [0.25, 0.3) is 0 Å². The maximum atomic E-state index is 5.91. The summed E-state index contributed by atoms with van der Waals surface area (Å²) in [7, 11) is 1.90. The number of nitrogens with one attached hydrogen (secondary N) is 1. The highest BCUT2D eigenvalue weighted by atomic mass is 15.3. The second-order valence-electron chi connectivity index (χ2n) is 4.81. The Kier molecular flexibility index (Phi) is 3.64. The van der Waals surface area contributed by atoms with Crippen molar-refractivity contribution in [3.05, 3.63) is 23.5 Å². The summed E-state index contributed by atoms with van der Waals surface area (Å²) in [5, 5.41) is 11.1. The first-order valence-electron chi connectivity index (χ1n) is 6.19. The molecule has 19 heavy (non-hydrogen) atoms. The van der Waals surface area contributed by atoms with Gasteiger partial charge in [0, 0.05) is 18.5 Å². The summed E-state index contributed by atoms with van der Waals surface area (Å²) in [5.41, 5.74) is 6.77. The number of aromatic nitrogens is 5. The fourth-order valence-corrected chi connectivity index (χ4v) is 1.61. The van der Waals surface area contributed by atoms with Crippen molar-refractivity contribution in [3.8, 4) is 0 Å². The quantitative estimate of drug-likeness (QED) is 0.859. The van der Waals surface area contributed by atoms with Gasteiger partial charge in [-0.25, -0.2) is 9.97 Å². The first-order chi connectivity index (χ1) is 8.99. The summed E-state index contributed by atoms with van der Waals surface area (Å²) < 4.78 is 1.86. The Morgan fingerprint density at radius 1 is 1.37 bits per heavy atom. The number of rotatable bonds is 4. The van der Waals surface area contributed by atoms with Crippen molar-refractivity contribution in [1.82, 2.24) is 24.7 Å². The molecule has 2 rings (SSSR count). The summed E-state index contributed by atoms with van der Waals surface area (Å²) in [6, 6.07) is 0. The lowest BCUT2D eigenvalue weighted by Crippen LogP contribution is -2.12. The molecule has 0 bridgehead atoms. The second-order valence-corrected chi connectivity index (χ2v) is 4.81. The molecule has 0 aliphatic heterocycles. The van der Waals surface area contributed by atoms with Crippen LogP contribution in [-0.4, -0.2) is 24.7 Å². The molecule has 0 saturated carbocycles. The molecule has 0 saturated heterocycles. The molecule has 0 radical (unpaired) electrons.